The maximum atomic E-state index is 13.6. The van der Waals surface area contributed by atoms with Crippen molar-refractivity contribution in [1.82, 2.24) is 5.32 Å². The van der Waals surface area contributed by atoms with Crippen molar-refractivity contribution < 1.29 is 43.4 Å². The SMILES string of the molecule is CCCCCCCCCCCCCC[C@@H](O)[C@@H](O)[C@H](CC[C@H]1O[C@H](COCc2ccccc2)[C@H](OCc2ccccc2)[C@H](OCc2ccccc2)[C@H]1OCc1ccccc1)NC(=O)OCc1ccccc1. The van der Waals surface area contributed by atoms with Gasteiger partial charge in [-0.05, 0) is 47.1 Å². The van der Waals surface area contributed by atoms with Gasteiger partial charge in [0, 0.05) is 0 Å². The second-order valence-electron chi connectivity index (χ2n) is 19.1. The predicted molar refractivity (Wildman–Crippen MR) is 280 cm³/mol. The molecule has 71 heavy (non-hydrogen) atoms. The van der Waals surface area contributed by atoms with Crippen LogP contribution in [0.3, 0.4) is 0 Å². The lowest BCUT2D eigenvalue weighted by Gasteiger charge is -2.46. The normalized spacial score (nSPS) is 19.2. The molecule has 6 rings (SSSR count). The average Bonchev–Trinajstić information content (AvgIpc) is 3.41. The number of amides is 1. The van der Waals surface area contributed by atoms with Crippen molar-refractivity contribution in [2.75, 3.05) is 6.61 Å². The first-order chi connectivity index (χ1) is 35.0. The Kier molecular flexibility index (Phi) is 25.7. The third kappa shape index (κ3) is 20.6. The Morgan fingerprint density at radius 1 is 0.493 bits per heavy atom. The van der Waals surface area contributed by atoms with E-state index >= 15 is 0 Å². The van der Waals surface area contributed by atoms with Gasteiger partial charge in [0.1, 0.15) is 37.1 Å². The zero-order chi connectivity index (χ0) is 49.6. The molecule has 1 amide bonds. The van der Waals surface area contributed by atoms with E-state index in [9.17, 15) is 15.0 Å². The van der Waals surface area contributed by atoms with E-state index in [0.717, 1.165) is 47.1 Å². The largest absolute Gasteiger partial charge is 0.445 e. The molecule has 1 aliphatic heterocycles. The van der Waals surface area contributed by atoms with Crippen LogP contribution in [0.1, 0.15) is 131 Å². The summed E-state index contributed by atoms with van der Waals surface area (Å²) in [5, 5.41) is 26.4. The molecule has 384 valence electrons. The van der Waals surface area contributed by atoms with E-state index in [4.69, 9.17) is 28.4 Å². The maximum absolute atomic E-state index is 13.6. The van der Waals surface area contributed by atoms with Crippen LogP contribution in [-0.2, 0) is 61.5 Å². The summed E-state index contributed by atoms with van der Waals surface area (Å²) < 4.78 is 40.0. The minimum Gasteiger partial charge on any atom is -0.445 e. The van der Waals surface area contributed by atoms with E-state index in [1.54, 1.807) is 0 Å². The van der Waals surface area contributed by atoms with E-state index in [2.05, 4.69) is 12.2 Å². The molecule has 0 radical (unpaired) electrons. The summed E-state index contributed by atoms with van der Waals surface area (Å²) in [6, 6.07) is 48.7. The monoisotopic (exact) mass is 972 g/mol. The van der Waals surface area contributed by atoms with Gasteiger partial charge in [-0.2, -0.15) is 0 Å². The van der Waals surface area contributed by atoms with Gasteiger partial charge >= 0.3 is 6.09 Å². The molecule has 1 heterocycles. The number of unbranched alkanes of at least 4 members (excludes halogenated alkanes) is 11. The summed E-state index contributed by atoms with van der Waals surface area (Å²) in [6.45, 7) is 3.79. The fourth-order valence-electron chi connectivity index (χ4n) is 9.34. The third-order valence-electron chi connectivity index (χ3n) is 13.4. The Bertz CT molecular complexity index is 2100. The van der Waals surface area contributed by atoms with Crippen LogP contribution in [0.5, 0.6) is 0 Å². The number of aliphatic hydroxyl groups excluding tert-OH is 2. The highest BCUT2D eigenvalue weighted by molar-refractivity contribution is 5.67. The summed E-state index contributed by atoms with van der Waals surface area (Å²) >= 11 is 0. The van der Waals surface area contributed by atoms with Crippen LogP contribution in [0.25, 0.3) is 0 Å². The van der Waals surface area contributed by atoms with Crippen LogP contribution in [0.2, 0.25) is 0 Å². The standard InChI is InChI=1S/C61H81NO9/c1-2-3-4-5-6-7-8-9-10-11-12-28-39-54(63)57(64)53(62-61(65)70-46-52-37-26-17-27-38-52)40-41-55-58(67-43-49-31-20-14-21-32-49)60(69-45-51-35-24-16-25-36-51)59(68-44-50-33-22-15-23-34-50)56(71-55)47-66-42-48-29-18-13-19-30-48/h13-27,29-38,53-60,63-64H,2-12,28,39-47H2,1H3,(H,62,65)/t53-,54+,55+,56+,57-,58-,59-,60+/m0/s1. The molecule has 1 fully saturated rings. The predicted octanol–water partition coefficient (Wildman–Crippen LogP) is 12.6. The number of hydrogen-bond donors (Lipinski definition) is 3. The van der Waals surface area contributed by atoms with Crippen LogP contribution < -0.4 is 5.32 Å². The molecule has 10 nitrogen and oxygen atoms in total. The first-order valence-corrected chi connectivity index (χ1v) is 26.5. The van der Waals surface area contributed by atoms with Gasteiger partial charge in [0.2, 0.25) is 0 Å². The molecule has 1 aliphatic rings. The van der Waals surface area contributed by atoms with Crippen molar-refractivity contribution in [2.45, 2.75) is 185 Å². The van der Waals surface area contributed by atoms with Crippen molar-refractivity contribution >= 4 is 6.09 Å². The number of carbonyl (C=O) groups is 1. The molecule has 0 unspecified atom stereocenters. The summed E-state index contributed by atoms with van der Waals surface area (Å²) in [7, 11) is 0. The van der Waals surface area contributed by atoms with Gasteiger partial charge in [0.15, 0.2) is 0 Å². The molecule has 0 spiro atoms. The van der Waals surface area contributed by atoms with Gasteiger partial charge in [-0.3, -0.25) is 0 Å². The summed E-state index contributed by atoms with van der Waals surface area (Å²) in [4.78, 5) is 13.6. The molecule has 0 bridgehead atoms. The molecular weight excluding hydrogens is 891 g/mol. The van der Waals surface area contributed by atoms with Crippen LogP contribution in [0.4, 0.5) is 4.79 Å². The molecular formula is C61H81NO9. The van der Waals surface area contributed by atoms with Gasteiger partial charge in [-0.25, -0.2) is 4.79 Å². The summed E-state index contributed by atoms with van der Waals surface area (Å²) in [5.41, 5.74) is 4.87. The zero-order valence-corrected chi connectivity index (χ0v) is 42.2. The van der Waals surface area contributed by atoms with Crippen LogP contribution in [0.15, 0.2) is 152 Å². The van der Waals surface area contributed by atoms with Gasteiger partial charge in [-0.1, -0.05) is 236 Å². The van der Waals surface area contributed by atoms with Crippen molar-refractivity contribution in [3.05, 3.63) is 179 Å². The van der Waals surface area contributed by atoms with Crippen LogP contribution in [0, 0.1) is 0 Å². The van der Waals surface area contributed by atoms with Gasteiger partial charge in [0.05, 0.1) is 51.3 Å². The lowest BCUT2D eigenvalue weighted by Crippen LogP contribution is -2.61. The van der Waals surface area contributed by atoms with Gasteiger partial charge in [0.25, 0.3) is 0 Å². The van der Waals surface area contributed by atoms with Crippen molar-refractivity contribution in [1.29, 1.82) is 0 Å². The summed E-state index contributed by atoms with van der Waals surface area (Å²) in [5.74, 6) is 0. The lowest BCUT2D eigenvalue weighted by molar-refractivity contribution is -0.274. The highest BCUT2D eigenvalue weighted by Gasteiger charge is 2.48. The molecule has 5 aromatic carbocycles. The molecule has 8 atom stereocenters. The molecule has 0 aliphatic carbocycles. The Morgan fingerprint density at radius 2 is 0.887 bits per heavy atom. The minimum absolute atomic E-state index is 0.0630. The highest BCUT2D eigenvalue weighted by atomic mass is 16.6. The van der Waals surface area contributed by atoms with Crippen molar-refractivity contribution in [3.63, 3.8) is 0 Å². The van der Waals surface area contributed by atoms with Gasteiger partial charge in [-0.15, -0.1) is 0 Å². The molecule has 1 saturated heterocycles. The average molecular weight is 972 g/mol. The van der Waals surface area contributed by atoms with E-state index < -0.39 is 54.9 Å². The molecule has 0 saturated carbocycles. The number of benzene rings is 5. The number of alkyl carbamates (subject to hydrolysis) is 1. The molecule has 5 aromatic rings. The Labute approximate surface area is 424 Å². The minimum atomic E-state index is -1.27. The lowest BCUT2D eigenvalue weighted by atomic mass is 9.89. The number of aliphatic hydroxyl groups is 2. The first-order valence-electron chi connectivity index (χ1n) is 26.5. The van der Waals surface area contributed by atoms with E-state index in [0.29, 0.717) is 32.7 Å². The van der Waals surface area contributed by atoms with Gasteiger partial charge < -0.3 is 44.0 Å². The maximum Gasteiger partial charge on any atom is 0.407 e. The fourth-order valence-corrected chi connectivity index (χ4v) is 9.34. The van der Waals surface area contributed by atoms with Crippen molar-refractivity contribution in [2.24, 2.45) is 0 Å². The van der Waals surface area contributed by atoms with E-state index in [1.807, 2.05) is 152 Å². The molecule has 10 heteroatoms. The number of nitrogens with one attached hydrogen (secondary N) is 1. The number of hydrogen-bond acceptors (Lipinski definition) is 9. The van der Waals surface area contributed by atoms with E-state index in [1.165, 1.54) is 57.8 Å². The van der Waals surface area contributed by atoms with Crippen LogP contribution >= 0.6 is 0 Å². The smallest absolute Gasteiger partial charge is 0.407 e. The van der Waals surface area contributed by atoms with Crippen LogP contribution in [-0.4, -0.2) is 71.7 Å². The quantitative estimate of drug-likeness (QED) is 0.0346. The van der Waals surface area contributed by atoms with Crippen molar-refractivity contribution in [3.8, 4) is 0 Å². The Hall–Kier alpha value is -4.91. The Morgan fingerprint density at radius 3 is 1.35 bits per heavy atom. The number of carbonyl (C=O) groups excluding carboxylic acids is 1. The summed E-state index contributed by atoms with van der Waals surface area (Å²) in [6.07, 6.45) is 9.31. The first kappa shape index (κ1) is 55.4. The highest BCUT2D eigenvalue weighted by Crippen LogP contribution is 2.34. The molecule has 3 N–H and O–H groups in total. The topological polar surface area (TPSA) is 125 Å². The second kappa shape index (κ2) is 32.9. The Balaban J connectivity index is 1.21. The fraction of sp³-hybridized carbons (Fsp3) is 0.492. The third-order valence-corrected chi connectivity index (χ3v) is 13.4. The van der Waals surface area contributed by atoms with E-state index in [-0.39, 0.29) is 26.2 Å². The molecule has 0 aromatic heterocycles. The zero-order valence-electron chi connectivity index (χ0n) is 42.2. The number of ether oxygens (including phenoxy) is 6. The second-order valence-corrected chi connectivity index (χ2v) is 19.1. The number of rotatable bonds is 34.